The fraction of sp³-hybridized carbons (Fsp3) is 0.300. The van der Waals surface area contributed by atoms with Crippen LogP contribution in [0.1, 0.15) is 26.3 Å². The molecule has 0 saturated carbocycles. The molecule has 0 radical (unpaired) electrons. The first-order chi connectivity index (χ1) is 12.1. The van der Waals surface area contributed by atoms with Gasteiger partial charge in [-0.2, -0.15) is 0 Å². The number of carbonyl (C=O) groups excluding carboxylic acids is 1. The summed E-state index contributed by atoms with van der Waals surface area (Å²) in [5.74, 6) is 0.519. The fourth-order valence-electron chi connectivity index (χ4n) is 2.50. The SMILES string of the molecule is CCc1ccc(N(C(=O)CSC(C)C)c2nc3ccccc3s2)cc1. The molecule has 0 spiro atoms. The van der Waals surface area contributed by atoms with E-state index in [4.69, 9.17) is 4.98 Å². The van der Waals surface area contributed by atoms with E-state index in [-0.39, 0.29) is 5.91 Å². The van der Waals surface area contributed by atoms with E-state index < -0.39 is 0 Å². The minimum absolute atomic E-state index is 0.0713. The molecule has 0 bridgehead atoms. The largest absolute Gasteiger partial charge is 0.273 e. The van der Waals surface area contributed by atoms with Gasteiger partial charge in [-0.15, -0.1) is 11.8 Å². The number of thioether (sulfide) groups is 1. The molecule has 3 rings (SSSR count). The third kappa shape index (κ3) is 4.22. The molecule has 3 nitrogen and oxygen atoms in total. The maximum Gasteiger partial charge on any atom is 0.243 e. The lowest BCUT2D eigenvalue weighted by molar-refractivity contribution is -0.115. The third-order valence-corrected chi connectivity index (χ3v) is 5.97. The van der Waals surface area contributed by atoms with Crippen molar-refractivity contribution in [1.29, 1.82) is 0 Å². The zero-order chi connectivity index (χ0) is 17.8. The van der Waals surface area contributed by atoms with E-state index in [1.54, 1.807) is 28.0 Å². The van der Waals surface area contributed by atoms with Gasteiger partial charge < -0.3 is 0 Å². The number of fused-ring (bicyclic) bond motifs is 1. The number of carbonyl (C=O) groups is 1. The molecular formula is C20H22N2OS2. The van der Waals surface area contributed by atoms with Gasteiger partial charge in [-0.05, 0) is 41.5 Å². The first-order valence-corrected chi connectivity index (χ1v) is 10.3. The number of aryl methyl sites for hydroxylation is 1. The van der Waals surface area contributed by atoms with Gasteiger partial charge in [0.2, 0.25) is 5.91 Å². The van der Waals surface area contributed by atoms with Crippen LogP contribution in [0.5, 0.6) is 0 Å². The number of nitrogens with zero attached hydrogens (tertiary/aromatic N) is 2. The molecule has 5 heteroatoms. The average molecular weight is 371 g/mol. The lowest BCUT2D eigenvalue weighted by Crippen LogP contribution is -2.28. The molecule has 0 aliphatic carbocycles. The average Bonchev–Trinajstić information content (AvgIpc) is 3.04. The molecule has 0 fully saturated rings. The second kappa shape index (κ2) is 8.02. The predicted molar refractivity (Wildman–Crippen MR) is 110 cm³/mol. The molecule has 0 atom stereocenters. The third-order valence-electron chi connectivity index (χ3n) is 3.87. The number of amides is 1. The van der Waals surface area contributed by atoms with Gasteiger partial charge >= 0.3 is 0 Å². The zero-order valence-corrected chi connectivity index (χ0v) is 16.4. The van der Waals surface area contributed by atoms with Crippen molar-refractivity contribution in [2.45, 2.75) is 32.4 Å². The standard InChI is InChI=1S/C20H22N2OS2/c1-4-15-9-11-16(12-10-15)22(19(23)13-24-14(2)3)20-21-17-7-5-6-8-18(17)25-20/h5-12,14H,4,13H2,1-3H3. The molecule has 0 N–H and O–H groups in total. The van der Waals surface area contributed by atoms with Crippen LogP contribution < -0.4 is 4.90 Å². The lowest BCUT2D eigenvalue weighted by Gasteiger charge is -2.20. The molecule has 130 valence electrons. The summed E-state index contributed by atoms with van der Waals surface area (Å²) < 4.78 is 1.09. The minimum Gasteiger partial charge on any atom is -0.273 e. The van der Waals surface area contributed by atoms with Crippen LogP contribution in [-0.4, -0.2) is 21.9 Å². The van der Waals surface area contributed by atoms with E-state index in [1.807, 2.05) is 36.4 Å². The number of hydrogen-bond acceptors (Lipinski definition) is 4. The van der Waals surface area contributed by atoms with Gasteiger partial charge in [-0.1, -0.05) is 56.4 Å². The number of benzene rings is 2. The number of para-hydroxylation sites is 1. The van der Waals surface area contributed by atoms with Crippen molar-refractivity contribution in [2.24, 2.45) is 0 Å². The van der Waals surface area contributed by atoms with Gasteiger partial charge in [-0.25, -0.2) is 4.98 Å². The van der Waals surface area contributed by atoms with Crippen molar-refractivity contribution in [2.75, 3.05) is 10.7 Å². The summed E-state index contributed by atoms with van der Waals surface area (Å²) in [4.78, 5) is 19.4. The number of hydrogen-bond donors (Lipinski definition) is 0. The van der Waals surface area contributed by atoms with Crippen molar-refractivity contribution in [3.63, 3.8) is 0 Å². The summed E-state index contributed by atoms with van der Waals surface area (Å²) in [7, 11) is 0. The van der Waals surface area contributed by atoms with E-state index >= 15 is 0 Å². The molecule has 2 aromatic carbocycles. The Labute approximate surface area is 157 Å². The van der Waals surface area contributed by atoms with Gasteiger partial charge in [0.15, 0.2) is 5.13 Å². The Morgan fingerprint density at radius 1 is 1.16 bits per heavy atom. The fourth-order valence-corrected chi connectivity index (χ4v) is 4.11. The first-order valence-electron chi connectivity index (χ1n) is 8.47. The lowest BCUT2D eigenvalue weighted by atomic mass is 10.1. The number of thiazole rings is 1. The maximum atomic E-state index is 13.0. The molecule has 0 aliphatic heterocycles. The predicted octanol–water partition coefficient (Wildman–Crippen LogP) is 5.67. The van der Waals surface area contributed by atoms with Crippen molar-refractivity contribution in [1.82, 2.24) is 4.98 Å². The van der Waals surface area contributed by atoms with Crippen LogP contribution in [0.4, 0.5) is 10.8 Å². The quantitative estimate of drug-likeness (QED) is 0.561. The topological polar surface area (TPSA) is 33.2 Å². The second-order valence-electron chi connectivity index (χ2n) is 6.07. The van der Waals surface area contributed by atoms with Gasteiger partial charge in [0, 0.05) is 0 Å². The van der Waals surface area contributed by atoms with E-state index in [2.05, 4.69) is 32.9 Å². The molecule has 1 heterocycles. The van der Waals surface area contributed by atoms with Crippen LogP contribution >= 0.6 is 23.1 Å². The normalized spacial score (nSPS) is 11.2. The number of aromatic nitrogens is 1. The molecule has 0 aliphatic rings. The van der Waals surface area contributed by atoms with Crippen LogP contribution in [0.3, 0.4) is 0 Å². The van der Waals surface area contributed by atoms with Gasteiger partial charge in [-0.3, -0.25) is 9.69 Å². The Balaban J connectivity index is 1.99. The van der Waals surface area contributed by atoms with Crippen molar-refractivity contribution in [3.8, 4) is 0 Å². The molecule has 1 aromatic heterocycles. The second-order valence-corrected chi connectivity index (χ2v) is 8.65. The highest BCUT2D eigenvalue weighted by molar-refractivity contribution is 8.00. The van der Waals surface area contributed by atoms with E-state index in [0.717, 1.165) is 27.5 Å². The maximum absolute atomic E-state index is 13.0. The molecule has 0 saturated heterocycles. The summed E-state index contributed by atoms with van der Waals surface area (Å²) >= 11 is 3.21. The highest BCUT2D eigenvalue weighted by Gasteiger charge is 2.22. The smallest absolute Gasteiger partial charge is 0.243 e. The van der Waals surface area contributed by atoms with Crippen LogP contribution in [0.15, 0.2) is 48.5 Å². The summed E-state index contributed by atoms with van der Waals surface area (Å²) in [5, 5.41) is 1.16. The van der Waals surface area contributed by atoms with Crippen molar-refractivity contribution < 1.29 is 4.79 Å². The highest BCUT2D eigenvalue weighted by atomic mass is 32.2. The van der Waals surface area contributed by atoms with Crippen LogP contribution in [-0.2, 0) is 11.2 Å². The van der Waals surface area contributed by atoms with Crippen LogP contribution in [0, 0.1) is 0 Å². The minimum atomic E-state index is 0.0713. The molecular weight excluding hydrogens is 348 g/mol. The summed E-state index contributed by atoms with van der Waals surface area (Å²) in [5.41, 5.74) is 3.07. The number of rotatable bonds is 6. The summed E-state index contributed by atoms with van der Waals surface area (Å²) in [6.07, 6.45) is 0.985. The molecule has 1 amide bonds. The van der Waals surface area contributed by atoms with E-state index in [9.17, 15) is 4.79 Å². The zero-order valence-electron chi connectivity index (χ0n) is 14.7. The molecule has 3 aromatic rings. The van der Waals surface area contributed by atoms with E-state index in [1.165, 1.54) is 5.56 Å². The summed E-state index contributed by atoms with van der Waals surface area (Å²) in [6.45, 7) is 6.34. The van der Waals surface area contributed by atoms with Crippen molar-refractivity contribution >= 4 is 50.0 Å². The molecule has 0 unspecified atom stereocenters. The van der Waals surface area contributed by atoms with Crippen molar-refractivity contribution in [3.05, 3.63) is 54.1 Å². The highest BCUT2D eigenvalue weighted by Crippen LogP contribution is 2.34. The van der Waals surface area contributed by atoms with Crippen LogP contribution in [0.25, 0.3) is 10.2 Å². The van der Waals surface area contributed by atoms with Gasteiger partial charge in [0.1, 0.15) is 0 Å². The first kappa shape index (κ1) is 18.0. The van der Waals surface area contributed by atoms with Gasteiger partial charge in [0.05, 0.1) is 21.7 Å². The Morgan fingerprint density at radius 3 is 2.52 bits per heavy atom. The summed E-state index contributed by atoms with van der Waals surface area (Å²) in [6, 6.07) is 16.2. The van der Waals surface area contributed by atoms with E-state index in [0.29, 0.717) is 11.0 Å². The molecule has 25 heavy (non-hydrogen) atoms. The van der Waals surface area contributed by atoms with Crippen LogP contribution in [0.2, 0.25) is 0 Å². The Bertz CT molecular complexity index is 823. The Kier molecular flexibility index (Phi) is 5.76. The monoisotopic (exact) mass is 370 g/mol. The number of anilines is 2. The van der Waals surface area contributed by atoms with Gasteiger partial charge in [0.25, 0.3) is 0 Å². The Morgan fingerprint density at radius 2 is 1.88 bits per heavy atom. The Hall–Kier alpha value is -1.85.